The normalized spacial score (nSPS) is 19.4. The molecule has 3 heteroatoms. The molecule has 1 atom stereocenters. The summed E-state index contributed by atoms with van der Waals surface area (Å²) in [7, 11) is 0. The lowest BCUT2D eigenvalue weighted by Gasteiger charge is -2.24. The Balaban J connectivity index is 1.83. The first-order chi connectivity index (χ1) is 11.7. The molecule has 0 radical (unpaired) electrons. The molecule has 0 bridgehead atoms. The van der Waals surface area contributed by atoms with Gasteiger partial charge >= 0.3 is 0 Å². The summed E-state index contributed by atoms with van der Waals surface area (Å²) in [6.07, 6.45) is 2.41. The molecule has 0 saturated carbocycles. The first-order valence-electron chi connectivity index (χ1n) is 8.09. The second-order valence-electron chi connectivity index (χ2n) is 6.35. The van der Waals surface area contributed by atoms with E-state index in [1.807, 2.05) is 67.6 Å². The number of hydrogen-bond donors (Lipinski definition) is 0. The van der Waals surface area contributed by atoms with Crippen LogP contribution in [-0.4, -0.2) is 10.9 Å². The zero-order chi connectivity index (χ0) is 16.6. The molecule has 1 unspecified atom stereocenters. The number of hydrogen-bond acceptors (Lipinski definition) is 2. The Kier molecular flexibility index (Phi) is 3.42. The maximum Gasteiger partial charge on any atom is 0.243 e. The second-order valence-corrected chi connectivity index (χ2v) is 6.35. The third-order valence-electron chi connectivity index (χ3n) is 4.68. The van der Waals surface area contributed by atoms with Crippen LogP contribution in [0.1, 0.15) is 18.1 Å². The number of rotatable bonds is 3. The van der Waals surface area contributed by atoms with Gasteiger partial charge in [-0.2, -0.15) is 0 Å². The molecule has 24 heavy (non-hydrogen) atoms. The summed E-state index contributed by atoms with van der Waals surface area (Å²) in [5.41, 5.74) is 2.39. The highest BCUT2D eigenvalue weighted by atomic mass is 16.2. The minimum atomic E-state index is -0.610. The minimum Gasteiger partial charge on any atom is -0.273 e. The van der Waals surface area contributed by atoms with Gasteiger partial charge in [-0.1, -0.05) is 54.6 Å². The molecule has 0 aliphatic carbocycles. The van der Waals surface area contributed by atoms with E-state index in [9.17, 15) is 4.79 Å². The van der Waals surface area contributed by atoms with Crippen LogP contribution in [0, 0.1) is 0 Å². The summed E-state index contributed by atoms with van der Waals surface area (Å²) >= 11 is 0. The van der Waals surface area contributed by atoms with Crippen molar-refractivity contribution < 1.29 is 4.79 Å². The molecular weight excluding hydrogens is 296 g/mol. The van der Waals surface area contributed by atoms with Crippen LogP contribution in [0.4, 0.5) is 11.5 Å². The van der Waals surface area contributed by atoms with Gasteiger partial charge in [0.05, 0.1) is 11.1 Å². The summed E-state index contributed by atoms with van der Waals surface area (Å²) < 4.78 is 0. The van der Waals surface area contributed by atoms with Gasteiger partial charge in [0.1, 0.15) is 5.82 Å². The highest BCUT2D eigenvalue weighted by molar-refractivity contribution is 6.11. The van der Waals surface area contributed by atoms with Gasteiger partial charge < -0.3 is 0 Å². The molecule has 0 spiro atoms. The van der Waals surface area contributed by atoms with Gasteiger partial charge in [0.15, 0.2) is 0 Å². The zero-order valence-corrected chi connectivity index (χ0v) is 13.5. The SMILES string of the molecule is CC1(Cc2ccccc2)C(=O)N(c2ccccc2)c2ncccc21. The average Bonchev–Trinajstić information content (AvgIpc) is 2.85. The average molecular weight is 314 g/mol. The topological polar surface area (TPSA) is 33.2 Å². The summed E-state index contributed by atoms with van der Waals surface area (Å²) in [6, 6.07) is 23.8. The van der Waals surface area contributed by atoms with Crippen molar-refractivity contribution in [2.75, 3.05) is 4.90 Å². The van der Waals surface area contributed by atoms with Crippen LogP contribution in [-0.2, 0) is 16.6 Å². The number of nitrogens with zero attached hydrogens (tertiary/aromatic N) is 2. The monoisotopic (exact) mass is 314 g/mol. The Morgan fingerprint density at radius 2 is 1.58 bits per heavy atom. The number of para-hydroxylation sites is 1. The van der Waals surface area contributed by atoms with Crippen molar-refractivity contribution in [3.8, 4) is 0 Å². The van der Waals surface area contributed by atoms with Crippen molar-refractivity contribution in [2.45, 2.75) is 18.8 Å². The third kappa shape index (κ3) is 2.21. The van der Waals surface area contributed by atoms with E-state index in [0.29, 0.717) is 6.42 Å². The van der Waals surface area contributed by atoms with Crippen molar-refractivity contribution in [3.05, 3.63) is 90.1 Å². The number of aromatic nitrogens is 1. The van der Waals surface area contributed by atoms with Crippen molar-refractivity contribution in [1.82, 2.24) is 4.98 Å². The molecule has 1 aliphatic rings. The summed E-state index contributed by atoms with van der Waals surface area (Å²) in [5, 5.41) is 0. The predicted octanol–water partition coefficient (Wildman–Crippen LogP) is 4.26. The van der Waals surface area contributed by atoms with Crippen LogP contribution >= 0.6 is 0 Å². The van der Waals surface area contributed by atoms with Crippen LogP contribution < -0.4 is 4.90 Å². The van der Waals surface area contributed by atoms with Crippen LogP contribution in [0.15, 0.2) is 79.0 Å². The van der Waals surface area contributed by atoms with E-state index >= 15 is 0 Å². The molecule has 3 aromatic rings. The summed E-state index contributed by atoms with van der Waals surface area (Å²) in [6.45, 7) is 2.02. The molecule has 4 rings (SSSR count). The Hall–Kier alpha value is -2.94. The number of carbonyl (C=O) groups is 1. The highest BCUT2D eigenvalue weighted by Gasteiger charge is 2.48. The lowest BCUT2D eigenvalue weighted by atomic mass is 9.79. The minimum absolute atomic E-state index is 0.0752. The van der Waals surface area contributed by atoms with Gasteiger partial charge in [0, 0.05) is 11.8 Å². The fraction of sp³-hybridized carbons (Fsp3) is 0.143. The molecule has 1 aliphatic heterocycles. The second kappa shape index (κ2) is 5.60. The van der Waals surface area contributed by atoms with Crippen LogP contribution in [0.2, 0.25) is 0 Å². The van der Waals surface area contributed by atoms with E-state index in [2.05, 4.69) is 17.1 Å². The van der Waals surface area contributed by atoms with E-state index in [4.69, 9.17) is 0 Å². The molecule has 2 aromatic carbocycles. The fourth-order valence-electron chi connectivity index (χ4n) is 3.46. The van der Waals surface area contributed by atoms with E-state index in [1.54, 1.807) is 11.1 Å². The summed E-state index contributed by atoms with van der Waals surface area (Å²) in [4.78, 5) is 19.6. The number of carbonyl (C=O) groups excluding carboxylic acids is 1. The quantitative estimate of drug-likeness (QED) is 0.723. The first-order valence-corrected chi connectivity index (χ1v) is 8.09. The van der Waals surface area contributed by atoms with Gasteiger partial charge in [-0.05, 0) is 37.1 Å². The van der Waals surface area contributed by atoms with Crippen molar-refractivity contribution in [3.63, 3.8) is 0 Å². The number of benzene rings is 2. The molecule has 118 valence electrons. The molecule has 1 amide bonds. The van der Waals surface area contributed by atoms with Gasteiger partial charge in [-0.15, -0.1) is 0 Å². The van der Waals surface area contributed by atoms with E-state index in [-0.39, 0.29) is 5.91 Å². The van der Waals surface area contributed by atoms with Crippen molar-refractivity contribution >= 4 is 17.4 Å². The predicted molar refractivity (Wildman–Crippen MR) is 95.3 cm³/mol. The zero-order valence-electron chi connectivity index (χ0n) is 13.5. The molecular formula is C21H18N2O. The van der Waals surface area contributed by atoms with Crippen molar-refractivity contribution in [2.24, 2.45) is 0 Å². The van der Waals surface area contributed by atoms with Gasteiger partial charge in [0.2, 0.25) is 5.91 Å². The largest absolute Gasteiger partial charge is 0.273 e. The number of pyridine rings is 1. The van der Waals surface area contributed by atoms with Crippen LogP contribution in [0.5, 0.6) is 0 Å². The van der Waals surface area contributed by atoms with Gasteiger partial charge in [-0.25, -0.2) is 4.98 Å². The highest BCUT2D eigenvalue weighted by Crippen LogP contribution is 2.45. The smallest absolute Gasteiger partial charge is 0.243 e. The molecule has 2 heterocycles. The van der Waals surface area contributed by atoms with Gasteiger partial charge in [-0.3, -0.25) is 9.69 Å². The van der Waals surface area contributed by atoms with Crippen LogP contribution in [0.25, 0.3) is 0 Å². The third-order valence-corrected chi connectivity index (χ3v) is 4.68. The Morgan fingerprint density at radius 3 is 2.29 bits per heavy atom. The van der Waals surface area contributed by atoms with Crippen molar-refractivity contribution in [1.29, 1.82) is 0 Å². The molecule has 0 saturated heterocycles. The lowest BCUT2D eigenvalue weighted by molar-refractivity contribution is -0.121. The number of amides is 1. The van der Waals surface area contributed by atoms with E-state index in [1.165, 1.54) is 0 Å². The van der Waals surface area contributed by atoms with E-state index in [0.717, 1.165) is 22.6 Å². The maximum atomic E-state index is 13.4. The molecule has 0 fully saturated rings. The summed E-state index contributed by atoms with van der Waals surface area (Å²) in [5.74, 6) is 0.818. The molecule has 0 N–H and O–H groups in total. The van der Waals surface area contributed by atoms with Crippen LogP contribution in [0.3, 0.4) is 0 Å². The number of fused-ring (bicyclic) bond motifs is 1. The maximum absolute atomic E-state index is 13.4. The standard InChI is InChI=1S/C21H18N2O/c1-21(15-16-9-4-2-5-10-16)18-13-8-14-22-19(18)23(20(21)24)17-11-6-3-7-12-17/h2-14H,15H2,1H3. The molecule has 3 nitrogen and oxygen atoms in total. The first kappa shape index (κ1) is 14.6. The fourth-order valence-corrected chi connectivity index (χ4v) is 3.46. The Labute approximate surface area is 141 Å². The Morgan fingerprint density at radius 1 is 0.917 bits per heavy atom. The lowest BCUT2D eigenvalue weighted by Crippen LogP contribution is -2.37. The Bertz CT molecular complexity index is 877. The number of anilines is 2. The van der Waals surface area contributed by atoms with E-state index < -0.39 is 5.41 Å². The van der Waals surface area contributed by atoms with Gasteiger partial charge in [0.25, 0.3) is 0 Å². The molecule has 1 aromatic heterocycles.